The number of hydrogen-bond acceptors (Lipinski definition) is 5. The number of ether oxygens (including phenoxy) is 1. The van der Waals surface area contributed by atoms with Crippen LogP contribution >= 0.6 is 0 Å². The van der Waals surface area contributed by atoms with Gasteiger partial charge in [0.2, 0.25) is 5.43 Å². The smallest absolute Gasteiger partial charge is 0.260 e. The Kier molecular flexibility index (Phi) is 4.98. The van der Waals surface area contributed by atoms with Crippen molar-refractivity contribution < 1.29 is 18.3 Å². The number of pyridine rings is 1. The average Bonchev–Trinajstić information content (AvgIpc) is 3.30. The molecule has 8 nitrogen and oxygen atoms in total. The number of fused-ring (bicyclic) bond motifs is 1. The van der Waals surface area contributed by atoms with Crippen molar-refractivity contribution in [3.8, 4) is 5.69 Å². The molecule has 0 bridgehead atoms. The fourth-order valence-electron chi connectivity index (χ4n) is 3.87. The van der Waals surface area contributed by atoms with Crippen LogP contribution in [0.4, 0.5) is 8.78 Å². The van der Waals surface area contributed by atoms with Crippen LogP contribution in [-0.2, 0) is 4.74 Å². The van der Waals surface area contributed by atoms with Crippen LogP contribution in [0.15, 0.2) is 59.8 Å². The molecule has 0 radical (unpaired) electrons. The first-order valence-electron chi connectivity index (χ1n) is 9.89. The third kappa shape index (κ3) is 3.34. The molecule has 5 rings (SSSR count). The number of nitrogens with zero attached hydrogens (tertiary/aromatic N) is 4. The Labute approximate surface area is 180 Å². The number of halogens is 2. The van der Waals surface area contributed by atoms with E-state index in [0.29, 0.717) is 11.9 Å². The van der Waals surface area contributed by atoms with Crippen LogP contribution in [-0.4, -0.2) is 50.3 Å². The van der Waals surface area contributed by atoms with E-state index in [4.69, 9.17) is 4.74 Å². The number of morpholine rings is 1. The molecule has 10 heteroatoms. The Balaban J connectivity index is 1.56. The maximum atomic E-state index is 14.0. The zero-order valence-electron chi connectivity index (χ0n) is 16.7. The number of carbonyl (C=O) groups is 1. The molecule has 1 unspecified atom stereocenters. The molecule has 1 fully saturated rings. The Bertz CT molecular complexity index is 1370. The summed E-state index contributed by atoms with van der Waals surface area (Å²) in [6.07, 6.45) is 2.54. The molecular formula is C22H17F2N5O3. The van der Waals surface area contributed by atoms with Gasteiger partial charge in [-0.05, 0) is 18.2 Å². The highest BCUT2D eigenvalue weighted by Gasteiger charge is 2.34. The van der Waals surface area contributed by atoms with Gasteiger partial charge in [-0.3, -0.25) is 9.59 Å². The number of benzene rings is 2. The number of nitrogens with one attached hydrogen (secondary N) is 1. The number of rotatable bonds is 3. The molecule has 162 valence electrons. The van der Waals surface area contributed by atoms with E-state index in [1.54, 1.807) is 4.68 Å². The normalized spacial score (nSPS) is 16.4. The van der Waals surface area contributed by atoms with Crippen molar-refractivity contribution in [2.75, 3.05) is 19.8 Å². The summed E-state index contributed by atoms with van der Waals surface area (Å²) < 4.78 is 34.9. The van der Waals surface area contributed by atoms with Gasteiger partial charge in [-0.25, -0.2) is 18.4 Å². The van der Waals surface area contributed by atoms with E-state index < -0.39 is 29.0 Å². The predicted octanol–water partition coefficient (Wildman–Crippen LogP) is 2.60. The quantitative estimate of drug-likeness (QED) is 0.532. The highest BCUT2D eigenvalue weighted by Crippen LogP contribution is 2.26. The highest BCUT2D eigenvalue weighted by molar-refractivity contribution is 5.97. The molecule has 1 aliphatic heterocycles. The Morgan fingerprint density at radius 3 is 2.81 bits per heavy atom. The fraction of sp³-hybridized carbons (Fsp3) is 0.182. The second-order valence-corrected chi connectivity index (χ2v) is 7.30. The molecule has 1 saturated heterocycles. The maximum Gasteiger partial charge on any atom is 0.260 e. The lowest BCUT2D eigenvalue weighted by atomic mass is 10.1. The van der Waals surface area contributed by atoms with Crippen molar-refractivity contribution in [2.45, 2.75) is 6.04 Å². The molecule has 1 aliphatic rings. The van der Waals surface area contributed by atoms with Gasteiger partial charge < -0.3 is 14.6 Å². The van der Waals surface area contributed by atoms with Crippen molar-refractivity contribution in [3.63, 3.8) is 0 Å². The van der Waals surface area contributed by atoms with Crippen LogP contribution in [0.25, 0.3) is 16.6 Å². The minimum atomic E-state index is -0.906. The van der Waals surface area contributed by atoms with Crippen LogP contribution in [0.3, 0.4) is 0 Å². The first-order chi connectivity index (χ1) is 15.5. The lowest BCUT2D eigenvalue weighted by Crippen LogP contribution is -2.45. The minimum absolute atomic E-state index is 0.157. The second-order valence-electron chi connectivity index (χ2n) is 7.30. The van der Waals surface area contributed by atoms with Gasteiger partial charge in [0.25, 0.3) is 5.91 Å². The first-order valence-corrected chi connectivity index (χ1v) is 9.89. The molecule has 0 spiro atoms. The third-order valence-electron chi connectivity index (χ3n) is 5.40. The molecule has 1 N–H and O–H groups in total. The van der Waals surface area contributed by atoms with Gasteiger partial charge in [0.15, 0.2) is 5.82 Å². The number of carbonyl (C=O) groups excluding carboxylic acids is 1. The molecular weight excluding hydrogens is 420 g/mol. The first kappa shape index (κ1) is 20.0. The second kappa shape index (κ2) is 7.97. The summed E-state index contributed by atoms with van der Waals surface area (Å²) in [5, 5.41) is 4.04. The topological polar surface area (TPSA) is 93.1 Å². The van der Waals surface area contributed by atoms with E-state index in [0.717, 1.165) is 18.0 Å². The van der Waals surface area contributed by atoms with E-state index in [1.807, 2.05) is 30.3 Å². The van der Waals surface area contributed by atoms with E-state index in [9.17, 15) is 18.4 Å². The van der Waals surface area contributed by atoms with Crippen molar-refractivity contribution in [3.05, 3.63) is 88.2 Å². The van der Waals surface area contributed by atoms with Crippen LogP contribution in [0.2, 0.25) is 0 Å². The van der Waals surface area contributed by atoms with Crippen molar-refractivity contribution >= 4 is 16.8 Å². The summed E-state index contributed by atoms with van der Waals surface area (Å²) in [6, 6.07) is 10.3. The van der Waals surface area contributed by atoms with Gasteiger partial charge in [0.05, 0.1) is 29.8 Å². The summed E-state index contributed by atoms with van der Waals surface area (Å²) in [6.45, 7) is 0.641. The number of aromatic amines is 1. The minimum Gasteiger partial charge on any atom is -0.377 e. The standard InChI is InChI=1S/C22H17F2N5O3/c23-13-8-15-19(17(24)9-13)25-10-16(20(15)30)22(31)28-6-7-32-11-18(28)21-26-12-27-29(21)14-4-2-1-3-5-14/h1-5,8-10,12,18H,6-7,11H2,(H,25,30). The maximum absolute atomic E-state index is 14.0. The highest BCUT2D eigenvalue weighted by atomic mass is 19.1. The van der Waals surface area contributed by atoms with E-state index in [-0.39, 0.29) is 36.2 Å². The van der Waals surface area contributed by atoms with Crippen molar-refractivity contribution in [2.24, 2.45) is 0 Å². The molecule has 1 atom stereocenters. The predicted molar refractivity (Wildman–Crippen MR) is 110 cm³/mol. The molecule has 2 aromatic heterocycles. The van der Waals surface area contributed by atoms with Gasteiger partial charge in [-0.2, -0.15) is 5.10 Å². The average molecular weight is 437 g/mol. The van der Waals surface area contributed by atoms with Crippen LogP contribution in [0, 0.1) is 11.6 Å². The summed E-state index contributed by atoms with van der Waals surface area (Å²) in [7, 11) is 0. The van der Waals surface area contributed by atoms with Crippen LogP contribution in [0.5, 0.6) is 0 Å². The molecule has 32 heavy (non-hydrogen) atoms. The monoisotopic (exact) mass is 437 g/mol. The molecule has 1 amide bonds. The zero-order chi connectivity index (χ0) is 22.2. The lowest BCUT2D eigenvalue weighted by molar-refractivity contribution is -0.00587. The summed E-state index contributed by atoms with van der Waals surface area (Å²) >= 11 is 0. The number of H-pyrrole nitrogens is 1. The van der Waals surface area contributed by atoms with E-state index >= 15 is 0 Å². The van der Waals surface area contributed by atoms with Gasteiger partial charge in [0.1, 0.15) is 29.6 Å². The number of amides is 1. The third-order valence-corrected chi connectivity index (χ3v) is 5.40. The fourth-order valence-corrected chi connectivity index (χ4v) is 3.87. The molecule has 0 aliphatic carbocycles. The van der Waals surface area contributed by atoms with Crippen LogP contribution in [0.1, 0.15) is 22.2 Å². The van der Waals surface area contributed by atoms with Gasteiger partial charge in [-0.15, -0.1) is 0 Å². The number of hydrogen-bond donors (Lipinski definition) is 1. The van der Waals surface area contributed by atoms with Gasteiger partial charge >= 0.3 is 0 Å². The number of para-hydroxylation sites is 1. The van der Waals surface area contributed by atoms with Crippen molar-refractivity contribution in [1.29, 1.82) is 0 Å². The Morgan fingerprint density at radius 2 is 2.00 bits per heavy atom. The lowest BCUT2D eigenvalue weighted by Gasteiger charge is -2.34. The molecule has 3 heterocycles. The summed E-state index contributed by atoms with van der Waals surface area (Å²) in [5.74, 6) is -1.92. The molecule has 2 aromatic carbocycles. The van der Waals surface area contributed by atoms with Crippen molar-refractivity contribution in [1.82, 2.24) is 24.6 Å². The summed E-state index contributed by atoms with van der Waals surface area (Å²) in [4.78, 5) is 34.7. The van der Waals surface area contributed by atoms with Crippen LogP contribution < -0.4 is 5.43 Å². The molecule has 0 saturated carbocycles. The Morgan fingerprint density at radius 1 is 1.19 bits per heavy atom. The zero-order valence-corrected chi connectivity index (χ0v) is 16.7. The summed E-state index contributed by atoms with van der Waals surface area (Å²) in [5.41, 5.74) is -0.375. The van der Waals surface area contributed by atoms with Gasteiger partial charge in [0, 0.05) is 18.8 Å². The molecule has 4 aromatic rings. The number of aromatic nitrogens is 4. The van der Waals surface area contributed by atoms with E-state index in [1.165, 1.54) is 11.2 Å². The Hall–Kier alpha value is -3.92. The van der Waals surface area contributed by atoms with E-state index in [2.05, 4.69) is 15.1 Å². The van der Waals surface area contributed by atoms with Gasteiger partial charge in [-0.1, -0.05) is 18.2 Å². The SMILES string of the molecule is O=C(c1c[nH]c2c(F)cc(F)cc2c1=O)N1CCOCC1c1ncnn1-c1ccccc1. The largest absolute Gasteiger partial charge is 0.377 e.